The van der Waals surface area contributed by atoms with E-state index in [4.69, 9.17) is 4.52 Å². The van der Waals surface area contributed by atoms with Gasteiger partial charge in [-0.25, -0.2) is 14.8 Å². The second-order valence-corrected chi connectivity index (χ2v) is 7.91. The van der Waals surface area contributed by atoms with Gasteiger partial charge in [0.05, 0.1) is 11.4 Å². The molecule has 3 heterocycles. The molecule has 0 spiro atoms. The Labute approximate surface area is 152 Å². The number of aromatic amines is 1. The molecular formula is C17H17N5O3S. The van der Waals surface area contributed by atoms with Gasteiger partial charge < -0.3 is 4.52 Å². The monoisotopic (exact) mass is 371 g/mol. The van der Waals surface area contributed by atoms with Gasteiger partial charge in [0.25, 0.3) is 5.56 Å². The summed E-state index contributed by atoms with van der Waals surface area (Å²) in [6.07, 6.45) is 3.97. The van der Waals surface area contributed by atoms with Gasteiger partial charge in [-0.1, -0.05) is 16.9 Å². The molecule has 2 fully saturated rings. The normalized spacial score (nSPS) is 17.1. The van der Waals surface area contributed by atoms with E-state index in [2.05, 4.69) is 20.1 Å². The van der Waals surface area contributed by atoms with Gasteiger partial charge in [0.15, 0.2) is 5.65 Å². The van der Waals surface area contributed by atoms with E-state index >= 15 is 0 Å². The van der Waals surface area contributed by atoms with Crippen molar-refractivity contribution in [2.24, 2.45) is 0 Å². The number of aryl methyl sites for hydroxylation is 1. The predicted octanol–water partition coefficient (Wildman–Crippen LogP) is 2.28. The van der Waals surface area contributed by atoms with E-state index in [0.29, 0.717) is 27.7 Å². The molecule has 134 valence electrons. The van der Waals surface area contributed by atoms with E-state index in [1.165, 1.54) is 11.8 Å². The Morgan fingerprint density at radius 1 is 1.27 bits per heavy atom. The number of hydrogen-bond donors (Lipinski definition) is 1. The summed E-state index contributed by atoms with van der Waals surface area (Å²) < 4.78 is 6.89. The van der Waals surface area contributed by atoms with E-state index in [1.807, 2.05) is 13.0 Å². The Hall–Kier alpha value is -2.42. The summed E-state index contributed by atoms with van der Waals surface area (Å²) in [5, 5.41) is 4.88. The molecule has 3 aromatic heterocycles. The Morgan fingerprint density at radius 2 is 2.08 bits per heavy atom. The Morgan fingerprint density at radius 3 is 2.73 bits per heavy atom. The molecule has 0 aliphatic heterocycles. The highest BCUT2D eigenvalue weighted by atomic mass is 32.2. The van der Waals surface area contributed by atoms with Crippen LogP contribution in [-0.4, -0.2) is 24.7 Å². The summed E-state index contributed by atoms with van der Waals surface area (Å²) >= 11 is 1.42. The van der Waals surface area contributed by atoms with Crippen LogP contribution in [0, 0.1) is 6.92 Å². The van der Waals surface area contributed by atoms with Crippen LogP contribution in [-0.2, 0) is 5.75 Å². The van der Waals surface area contributed by atoms with Crippen molar-refractivity contribution in [2.45, 2.75) is 55.3 Å². The molecule has 0 atom stereocenters. The summed E-state index contributed by atoms with van der Waals surface area (Å²) in [6, 6.07) is 1.99. The molecule has 1 N–H and O–H groups in total. The number of nitrogens with zero attached hydrogens (tertiary/aromatic N) is 4. The van der Waals surface area contributed by atoms with Gasteiger partial charge in [0, 0.05) is 18.0 Å². The number of rotatable bonds is 5. The largest absolute Gasteiger partial charge is 0.360 e. The molecule has 0 saturated heterocycles. The van der Waals surface area contributed by atoms with Crippen LogP contribution in [0.3, 0.4) is 0 Å². The molecule has 5 rings (SSSR count). The third kappa shape index (κ3) is 2.76. The zero-order chi connectivity index (χ0) is 17.8. The van der Waals surface area contributed by atoms with E-state index < -0.39 is 5.56 Å². The van der Waals surface area contributed by atoms with Crippen LogP contribution < -0.4 is 11.2 Å². The molecule has 0 radical (unpaired) electrons. The standard InChI is InChI=1S/C17H17N5O3S/c1-8-6-11(25-21-8)7-26-16-12-14(18-13(19-16)9-2-3-9)22(10-4-5-10)17(24)20-15(12)23/h6,9-10H,2-5,7H2,1H3,(H,20,23,24). The maximum Gasteiger partial charge on any atom is 0.330 e. The molecule has 0 unspecified atom stereocenters. The van der Waals surface area contributed by atoms with Crippen LogP contribution in [0.2, 0.25) is 0 Å². The third-order valence-electron chi connectivity index (χ3n) is 4.65. The lowest BCUT2D eigenvalue weighted by atomic mass is 10.3. The summed E-state index contributed by atoms with van der Waals surface area (Å²) in [4.78, 5) is 36.6. The lowest BCUT2D eigenvalue weighted by Gasteiger charge is -2.11. The number of hydrogen-bond acceptors (Lipinski definition) is 7. The highest BCUT2D eigenvalue weighted by Crippen LogP contribution is 2.41. The van der Waals surface area contributed by atoms with Crippen LogP contribution in [0.1, 0.15) is 54.9 Å². The molecule has 2 aliphatic carbocycles. The zero-order valence-electron chi connectivity index (χ0n) is 14.2. The smallest absolute Gasteiger partial charge is 0.330 e. The third-order valence-corrected chi connectivity index (χ3v) is 5.65. The molecule has 0 bridgehead atoms. The maximum atomic E-state index is 12.5. The van der Waals surface area contributed by atoms with Gasteiger partial charge in [-0.05, 0) is 32.6 Å². The van der Waals surface area contributed by atoms with E-state index in [0.717, 1.165) is 43.0 Å². The quantitative estimate of drug-likeness (QED) is 0.541. The summed E-state index contributed by atoms with van der Waals surface area (Å²) in [5.41, 5.74) is 0.467. The first-order valence-corrected chi connectivity index (χ1v) is 9.70. The van der Waals surface area contributed by atoms with E-state index in [-0.39, 0.29) is 11.7 Å². The average Bonchev–Trinajstić information content (AvgIpc) is 3.51. The van der Waals surface area contributed by atoms with Crippen molar-refractivity contribution in [3.8, 4) is 0 Å². The lowest BCUT2D eigenvalue weighted by Crippen LogP contribution is -2.31. The maximum absolute atomic E-state index is 12.5. The second kappa shape index (κ2) is 5.80. The van der Waals surface area contributed by atoms with Crippen molar-refractivity contribution in [3.05, 3.63) is 44.2 Å². The fourth-order valence-electron chi connectivity index (χ4n) is 3.06. The second-order valence-electron chi connectivity index (χ2n) is 6.94. The molecular weight excluding hydrogens is 354 g/mol. The van der Waals surface area contributed by atoms with Crippen LogP contribution in [0.15, 0.2) is 25.2 Å². The van der Waals surface area contributed by atoms with E-state index in [9.17, 15) is 9.59 Å². The van der Waals surface area contributed by atoms with Crippen molar-refractivity contribution in [1.82, 2.24) is 24.7 Å². The van der Waals surface area contributed by atoms with Gasteiger partial charge >= 0.3 is 5.69 Å². The van der Waals surface area contributed by atoms with Crippen molar-refractivity contribution < 1.29 is 4.52 Å². The first-order valence-electron chi connectivity index (χ1n) is 8.71. The van der Waals surface area contributed by atoms with Crippen LogP contribution >= 0.6 is 11.8 Å². The van der Waals surface area contributed by atoms with Crippen LogP contribution in [0.4, 0.5) is 0 Å². The number of thioether (sulfide) groups is 1. The summed E-state index contributed by atoms with van der Waals surface area (Å²) in [5.74, 6) is 2.29. The fraction of sp³-hybridized carbons (Fsp3) is 0.471. The highest BCUT2D eigenvalue weighted by Gasteiger charge is 2.32. The van der Waals surface area contributed by atoms with Gasteiger partial charge in [-0.15, -0.1) is 0 Å². The van der Waals surface area contributed by atoms with Crippen molar-refractivity contribution in [2.75, 3.05) is 0 Å². The Kier molecular flexibility index (Phi) is 3.53. The first-order chi connectivity index (χ1) is 12.6. The minimum atomic E-state index is -0.430. The van der Waals surface area contributed by atoms with Gasteiger partial charge in [-0.3, -0.25) is 14.3 Å². The molecule has 2 saturated carbocycles. The molecule has 9 heteroatoms. The first kappa shape index (κ1) is 15.8. The molecule has 26 heavy (non-hydrogen) atoms. The number of H-pyrrole nitrogens is 1. The number of aromatic nitrogens is 5. The average molecular weight is 371 g/mol. The fourth-order valence-corrected chi connectivity index (χ4v) is 3.96. The topological polar surface area (TPSA) is 107 Å². The Bertz CT molecular complexity index is 1120. The Balaban J connectivity index is 1.66. The molecule has 3 aromatic rings. The molecule has 0 amide bonds. The molecule has 2 aliphatic rings. The van der Waals surface area contributed by atoms with Crippen LogP contribution in [0.5, 0.6) is 0 Å². The number of nitrogens with one attached hydrogen (secondary N) is 1. The van der Waals surface area contributed by atoms with Gasteiger partial charge in [0.1, 0.15) is 22.0 Å². The lowest BCUT2D eigenvalue weighted by molar-refractivity contribution is 0.391. The summed E-state index contributed by atoms with van der Waals surface area (Å²) in [6.45, 7) is 1.86. The summed E-state index contributed by atoms with van der Waals surface area (Å²) in [7, 11) is 0. The zero-order valence-corrected chi connectivity index (χ0v) is 15.0. The molecule has 8 nitrogen and oxygen atoms in total. The number of fused-ring (bicyclic) bond motifs is 1. The van der Waals surface area contributed by atoms with E-state index in [1.54, 1.807) is 4.57 Å². The van der Waals surface area contributed by atoms with Crippen molar-refractivity contribution >= 4 is 22.8 Å². The minimum absolute atomic E-state index is 0.124. The van der Waals surface area contributed by atoms with Gasteiger partial charge in [0.2, 0.25) is 0 Å². The van der Waals surface area contributed by atoms with Crippen LogP contribution in [0.25, 0.3) is 11.0 Å². The van der Waals surface area contributed by atoms with Gasteiger partial charge in [-0.2, -0.15) is 0 Å². The highest BCUT2D eigenvalue weighted by molar-refractivity contribution is 7.98. The predicted molar refractivity (Wildman–Crippen MR) is 95.5 cm³/mol. The van der Waals surface area contributed by atoms with Crippen molar-refractivity contribution in [1.29, 1.82) is 0 Å². The molecule has 0 aromatic carbocycles. The SMILES string of the molecule is Cc1cc(CSc2nc(C3CC3)nc3c2c(=O)[nH]c(=O)n3C2CC2)on1. The minimum Gasteiger partial charge on any atom is -0.360 e. The van der Waals surface area contributed by atoms with Crippen molar-refractivity contribution in [3.63, 3.8) is 0 Å².